The molecule has 0 amide bonds. The molecule has 114 valence electrons. The van der Waals surface area contributed by atoms with Gasteiger partial charge in [-0.15, -0.1) is 0 Å². The number of halogens is 2. The van der Waals surface area contributed by atoms with Gasteiger partial charge in [-0.1, -0.05) is 13.3 Å². The van der Waals surface area contributed by atoms with Crippen molar-refractivity contribution in [3.05, 3.63) is 18.2 Å². The van der Waals surface area contributed by atoms with Gasteiger partial charge in [0.25, 0.3) is 0 Å². The van der Waals surface area contributed by atoms with Crippen molar-refractivity contribution < 1.29 is 8.78 Å². The van der Waals surface area contributed by atoms with Crippen molar-refractivity contribution in [2.24, 2.45) is 0 Å². The summed E-state index contributed by atoms with van der Waals surface area (Å²) in [5.74, 6) is 0.453. The molecule has 1 unspecified atom stereocenters. The minimum absolute atomic E-state index is 0.453. The third kappa shape index (κ3) is 4.24. The SMILES string of the molecule is CCCCN(Cc1nccn1C(F)F)CC1CCCN1. The van der Waals surface area contributed by atoms with Crippen LogP contribution >= 0.6 is 0 Å². The minimum atomic E-state index is -2.51. The molecule has 0 saturated carbocycles. The van der Waals surface area contributed by atoms with E-state index >= 15 is 0 Å². The van der Waals surface area contributed by atoms with E-state index in [-0.39, 0.29) is 0 Å². The van der Waals surface area contributed by atoms with Gasteiger partial charge in [0.05, 0.1) is 6.54 Å². The van der Waals surface area contributed by atoms with E-state index in [1.165, 1.54) is 25.2 Å². The molecule has 2 rings (SSSR count). The average Bonchev–Trinajstić information content (AvgIpc) is 3.07. The summed E-state index contributed by atoms with van der Waals surface area (Å²) >= 11 is 0. The fraction of sp³-hybridized carbons (Fsp3) is 0.786. The molecular formula is C14H24F2N4. The highest BCUT2D eigenvalue weighted by atomic mass is 19.3. The van der Waals surface area contributed by atoms with Gasteiger partial charge < -0.3 is 5.32 Å². The lowest BCUT2D eigenvalue weighted by Gasteiger charge is -2.25. The molecule has 1 atom stereocenters. The number of aromatic nitrogens is 2. The maximum absolute atomic E-state index is 12.9. The number of hydrogen-bond acceptors (Lipinski definition) is 3. The van der Waals surface area contributed by atoms with Gasteiger partial charge in [-0.05, 0) is 32.4 Å². The van der Waals surface area contributed by atoms with E-state index < -0.39 is 6.55 Å². The Kier molecular flexibility index (Phi) is 5.91. The largest absolute Gasteiger partial charge is 0.319 e. The predicted octanol–water partition coefficient (Wildman–Crippen LogP) is 2.63. The molecule has 1 aliphatic heterocycles. The first kappa shape index (κ1) is 15.4. The highest BCUT2D eigenvalue weighted by Crippen LogP contribution is 2.15. The normalized spacial score (nSPS) is 19.4. The van der Waals surface area contributed by atoms with Crippen molar-refractivity contribution in [2.45, 2.75) is 51.7 Å². The smallest absolute Gasteiger partial charge is 0.313 e. The Hall–Kier alpha value is -1.01. The molecule has 0 aromatic carbocycles. The molecule has 1 aromatic heterocycles. The van der Waals surface area contributed by atoms with E-state index in [9.17, 15) is 8.78 Å². The lowest BCUT2D eigenvalue weighted by molar-refractivity contribution is 0.0635. The van der Waals surface area contributed by atoms with Crippen LogP contribution in [0.4, 0.5) is 8.78 Å². The molecule has 1 saturated heterocycles. The molecule has 1 aromatic rings. The molecule has 0 spiro atoms. The maximum atomic E-state index is 12.9. The second-order valence-corrected chi connectivity index (χ2v) is 5.41. The van der Waals surface area contributed by atoms with E-state index in [1.54, 1.807) is 0 Å². The average molecular weight is 286 g/mol. The molecule has 20 heavy (non-hydrogen) atoms. The lowest BCUT2D eigenvalue weighted by Crippen LogP contribution is -2.38. The van der Waals surface area contributed by atoms with Crippen LogP contribution in [0.25, 0.3) is 0 Å². The second kappa shape index (κ2) is 7.69. The summed E-state index contributed by atoms with van der Waals surface area (Å²) in [5.41, 5.74) is 0. The number of nitrogens with one attached hydrogen (secondary N) is 1. The van der Waals surface area contributed by atoms with Crippen molar-refractivity contribution in [3.8, 4) is 0 Å². The van der Waals surface area contributed by atoms with E-state index in [1.807, 2.05) is 0 Å². The van der Waals surface area contributed by atoms with Gasteiger partial charge in [-0.25, -0.2) is 4.98 Å². The topological polar surface area (TPSA) is 33.1 Å². The molecule has 6 heteroatoms. The van der Waals surface area contributed by atoms with E-state index in [0.717, 1.165) is 37.0 Å². The third-order valence-electron chi connectivity index (χ3n) is 3.79. The Balaban J connectivity index is 1.96. The van der Waals surface area contributed by atoms with Gasteiger partial charge in [-0.3, -0.25) is 9.47 Å². The molecule has 0 radical (unpaired) electrons. The summed E-state index contributed by atoms with van der Waals surface area (Å²) < 4.78 is 26.7. The molecule has 0 bridgehead atoms. The monoisotopic (exact) mass is 286 g/mol. The summed E-state index contributed by atoms with van der Waals surface area (Å²) in [5, 5.41) is 3.46. The van der Waals surface area contributed by atoms with Crippen LogP contribution in [0.3, 0.4) is 0 Å². The first-order chi connectivity index (χ1) is 9.70. The minimum Gasteiger partial charge on any atom is -0.313 e. The number of rotatable bonds is 8. The van der Waals surface area contributed by atoms with Crippen LogP contribution in [0.2, 0.25) is 0 Å². The molecule has 1 N–H and O–H groups in total. The zero-order valence-electron chi connectivity index (χ0n) is 12.1. The van der Waals surface area contributed by atoms with Crippen LogP contribution in [0.5, 0.6) is 0 Å². The van der Waals surface area contributed by atoms with Gasteiger partial charge in [0, 0.05) is 25.0 Å². The van der Waals surface area contributed by atoms with Crippen LogP contribution in [0.15, 0.2) is 12.4 Å². The van der Waals surface area contributed by atoms with E-state index in [2.05, 4.69) is 22.1 Å². The molecule has 4 nitrogen and oxygen atoms in total. The quantitative estimate of drug-likeness (QED) is 0.797. The Bertz CT molecular complexity index is 388. The molecule has 2 heterocycles. The fourth-order valence-corrected chi connectivity index (χ4v) is 2.68. The number of unbranched alkanes of at least 4 members (excludes halogenated alkanes) is 1. The Morgan fingerprint density at radius 2 is 2.40 bits per heavy atom. The van der Waals surface area contributed by atoms with Gasteiger partial charge in [-0.2, -0.15) is 8.78 Å². The van der Waals surface area contributed by atoms with E-state index in [4.69, 9.17) is 0 Å². The van der Waals surface area contributed by atoms with Crippen molar-refractivity contribution in [3.63, 3.8) is 0 Å². The van der Waals surface area contributed by atoms with Crippen LogP contribution in [0, 0.1) is 0 Å². The predicted molar refractivity (Wildman–Crippen MR) is 74.7 cm³/mol. The first-order valence-corrected chi connectivity index (χ1v) is 7.46. The third-order valence-corrected chi connectivity index (χ3v) is 3.79. The van der Waals surface area contributed by atoms with Crippen molar-refractivity contribution in [1.29, 1.82) is 0 Å². The van der Waals surface area contributed by atoms with Crippen LogP contribution in [-0.2, 0) is 6.54 Å². The highest BCUT2D eigenvalue weighted by Gasteiger charge is 2.20. The van der Waals surface area contributed by atoms with Crippen molar-refractivity contribution in [2.75, 3.05) is 19.6 Å². The first-order valence-electron chi connectivity index (χ1n) is 7.46. The summed E-state index contributed by atoms with van der Waals surface area (Å²) in [7, 11) is 0. The van der Waals surface area contributed by atoms with Gasteiger partial charge in [0.15, 0.2) is 0 Å². The fourth-order valence-electron chi connectivity index (χ4n) is 2.68. The lowest BCUT2D eigenvalue weighted by atomic mass is 10.2. The molecule has 1 fully saturated rings. The Morgan fingerprint density at radius 3 is 3.05 bits per heavy atom. The summed E-state index contributed by atoms with van der Waals surface area (Å²) in [4.78, 5) is 6.32. The second-order valence-electron chi connectivity index (χ2n) is 5.41. The standard InChI is InChI=1S/C14H24F2N4/c1-2-3-8-19(10-12-5-4-6-17-12)11-13-18-7-9-20(13)14(15)16/h7,9,12,14,17H,2-6,8,10-11H2,1H3. The molecular weight excluding hydrogens is 262 g/mol. The Morgan fingerprint density at radius 1 is 1.55 bits per heavy atom. The summed E-state index contributed by atoms with van der Waals surface area (Å²) in [6, 6.07) is 0.488. The van der Waals surface area contributed by atoms with Gasteiger partial charge in [0.2, 0.25) is 0 Å². The van der Waals surface area contributed by atoms with Crippen molar-refractivity contribution in [1.82, 2.24) is 19.8 Å². The molecule has 0 aliphatic carbocycles. The number of alkyl halides is 2. The zero-order chi connectivity index (χ0) is 14.4. The van der Waals surface area contributed by atoms with Crippen molar-refractivity contribution >= 4 is 0 Å². The Labute approximate surface area is 119 Å². The number of imidazole rings is 1. The van der Waals surface area contributed by atoms with Gasteiger partial charge in [0.1, 0.15) is 5.82 Å². The van der Waals surface area contributed by atoms with Gasteiger partial charge >= 0.3 is 6.55 Å². The van der Waals surface area contributed by atoms with Crippen LogP contribution in [-0.4, -0.2) is 40.1 Å². The molecule has 1 aliphatic rings. The van der Waals surface area contributed by atoms with Crippen LogP contribution in [0.1, 0.15) is 45.0 Å². The maximum Gasteiger partial charge on any atom is 0.319 e. The number of nitrogens with zero attached hydrogens (tertiary/aromatic N) is 3. The highest BCUT2D eigenvalue weighted by molar-refractivity contribution is 4.93. The summed E-state index contributed by atoms with van der Waals surface area (Å²) in [6.07, 6.45) is 7.38. The van der Waals surface area contributed by atoms with E-state index in [0.29, 0.717) is 18.4 Å². The number of hydrogen-bond donors (Lipinski definition) is 1. The summed E-state index contributed by atoms with van der Waals surface area (Å²) in [6.45, 7) is 3.05. The van der Waals surface area contributed by atoms with Crippen LogP contribution < -0.4 is 5.32 Å². The zero-order valence-corrected chi connectivity index (χ0v) is 12.1.